The van der Waals surface area contributed by atoms with Gasteiger partial charge in [-0.25, -0.2) is 23.7 Å². The third kappa shape index (κ3) is 4.77. The lowest BCUT2D eigenvalue weighted by molar-refractivity contribution is 0.287. The number of hydrogen-bond acceptors (Lipinski definition) is 7. The highest BCUT2D eigenvalue weighted by Gasteiger charge is 2.26. The first-order valence-electron chi connectivity index (χ1n) is 12.1. The maximum Gasteiger partial charge on any atom is 0.229 e. The van der Waals surface area contributed by atoms with E-state index in [1.807, 2.05) is 31.7 Å². The van der Waals surface area contributed by atoms with E-state index < -0.39 is 11.6 Å². The van der Waals surface area contributed by atoms with Crippen molar-refractivity contribution in [1.29, 1.82) is 0 Å². The lowest BCUT2D eigenvalue weighted by Gasteiger charge is -2.34. The highest BCUT2D eigenvalue weighted by molar-refractivity contribution is 5.73. The molecule has 1 fully saturated rings. The normalized spacial score (nSPS) is 16.2. The number of fused-ring (bicyclic) bond motifs is 1. The molecule has 0 atom stereocenters. The van der Waals surface area contributed by atoms with Crippen molar-refractivity contribution < 1.29 is 13.5 Å². The van der Waals surface area contributed by atoms with Crippen molar-refractivity contribution in [3.8, 4) is 17.0 Å². The van der Waals surface area contributed by atoms with E-state index in [0.717, 1.165) is 37.8 Å². The Kier molecular flexibility index (Phi) is 6.51. The van der Waals surface area contributed by atoms with Gasteiger partial charge >= 0.3 is 0 Å². The fraction of sp³-hybridized carbons (Fsp3) is 0.423. The average molecular weight is 481 g/mol. The highest BCUT2D eigenvalue weighted by atomic mass is 19.1. The first-order chi connectivity index (χ1) is 16.9. The molecule has 0 spiro atoms. The van der Waals surface area contributed by atoms with Crippen LogP contribution in [0.3, 0.4) is 0 Å². The third-order valence-corrected chi connectivity index (χ3v) is 6.70. The van der Waals surface area contributed by atoms with Crippen LogP contribution in [0.15, 0.2) is 30.5 Å². The summed E-state index contributed by atoms with van der Waals surface area (Å²) in [5.41, 5.74) is 3.14. The molecule has 2 N–H and O–H groups in total. The molecular weight excluding hydrogens is 450 g/mol. The molecule has 1 saturated heterocycles. The Morgan fingerprint density at radius 3 is 2.66 bits per heavy atom. The summed E-state index contributed by atoms with van der Waals surface area (Å²) in [5.74, 6) is 0.288. The smallest absolute Gasteiger partial charge is 0.229 e. The summed E-state index contributed by atoms with van der Waals surface area (Å²) in [6, 6.07) is 7.11. The van der Waals surface area contributed by atoms with Crippen LogP contribution in [0.1, 0.15) is 43.9 Å². The minimum atomic E-state index is -0.631. The van der Waals surface area contributed by atoms with Crippen LogP contribution in [-0.4, -0.2) is 47.2 Å². The molecule has 2 aliphatic heterocycles. The van der Waals surface area contributed by atoms with Gasteiger partial charge in [-0.3, -0.25) is 0 Å². The quantitative estimate of drug-likeness (QED) is 0.536. The topological polar surface area (TPSA) is 75.2 Å². The van der Waals surface area contributed by atoms with Crippen molar-refractivity contribution in [2.45, 2.75) is 45.6 Å². The predicted octanol–water partition coefficient (Wildman–Crippen LogP) is 4.94. The predicted molar refractivity (Wildman–Crippen MR) is 132 cm³/mol. The second-order valence-corrected chi connectivity index (χ2v) is 9.35. The first kappa shape index (κ1) is 23.4. The van der Waals surface area contributed by atoms with Crippen LogP contribution in [-0.2, 0) is 0 Å². The fourth-order valence-electron chi connectivity index (χ4n) is 4.92. The number of aromatic nitrogens is 3. The van der Waals surface area contributed by atoms with E-state index in [9.17, 15) is 8.78 Å². The summed E-state index contributed by atoms with van der Waals surface area (Å²) in [7, 11) is 0. The summed E-state index contributed by atoms with van der Waals surface area (Å²) in [5, 5.41) is 6.46. The van der Waals surface area contributed by atoms with Crippen LogP contribution in [0, 0.1) is 18.6 Å². The minimum absolute atomic E-state index is 0.0153. The lowest BCUT2D eigenvalue weighted by atomic mass is 9.89. The minimum Gasteiger partial charge on any atom is -0.486 e. The molecule has 0 unspecified atom stereocenters. The number of pyridine rings is 1. The van der Waals surface area contributed by atoms with Gasteiger partial charge in [0.25, 0.3) is 0 Å². The Hall–Kier alpha value is -3.33. The monoisotopic (exact) mass is 480 g/mol. The van der Waals surface area contributed by atoms with E-state index in [-0.39, 0.29) is 23.4 Å². The van der Waals surface area contributed by atoms with E-state index in [4.69, 9.17) is 4.74 Å². The van der Waals surface area contributed by atoms with Crippen LogP contribution in [0.2, 0.25) is 0 Å². The van der Waals surface area contributed by atoms with Gasteiger partial charge in [-0.1, -0.05) is 6.07 Å². The molecule has 0 saturated carbocycles. The number of aryl methyl sites for hydroxylation is 1. The lowest BCUT2D eigenvalue weighted by Crippen LogP contribution is -2.38. The molecule has 35 heavy (non-hydrogen) atoms. The molecule has 184 valence electrons. The van der Waals surface area contributed by atoms with Crippen molar-refractivity contribution in [3.05, 3.63) is 53.4 Å². The van der Waals surface area contributed by atoms with Crippen LogP contribution in [0.25, 0.3) is 11.3 Å². The van der Waals surface area contributed by atoms with Gasteiger partial charge in [-0.05, 0) is 76.4 Å². The Morgan fingerprint density at radius 2 is 1.91 bits per heavy atom. The van der Waals surface area contributed by atoms with Crippen LogP contribution in [0.4, 0.5) is 26.2 Å². The largest absolute Gasteiger partial charge is 0.486 e. The summed E-state index contributed by atoms with van der Waals surface area (Å²) in [6.07, 6.45) is 3.28. The molecular formula is C26H30F2N6O. The zero-order chi connectivity index (χ0) is 24.5. The van der Waals surface area contributed by atoms with Crippen molar-refractivity contribution in [2.75, 3.05) is 36.5 Å². The number of anilines is 3. The molecule has 7 nitrogen and oxygen atoms in total. The standard InChI is InChI=1S/C26H30F2N6O/c1-15(2)34-10-11-35-25-20(27)12-18(13-22(25)34)24-21(28)14-30-26(33-24)32-23-5-4-19(16(3)31-23)17-6-8-29-9-7-17/h4-5,12-15,17,29H,6-11H2,1-3H3,(H,30,31,32,33). The molecule has 1 aromatic carbocycles. The molecule has 2 aliphatic rings. The van der Waals surface area contributed by atoms with Gasteiger partial charge in [-0.2, -0.15) is 0 Å². The van der Waals surface area contributed by atoms with Gasteiger partial charge in [0.15, 0.2) is 17.4 Å². The summed E-state index contributed by atoms with van der Waals surface area (Å²) < 4.78 is 35.3. The number of nitrogens with one attached hydrogen (secondary N) is 2. The number of halogens is 2. The van der Waals surface area contributed by atoms with E-state index >= 15 is 0 Å². The number of nitrogens with zero attached hydrogens (tertiary/aromatic N) is 4. The summed E-state index contributed by atoms with van der Waals surface area (Å²) in [6.45, 7) is 9.11. The molecule has 9 heteroatoms. The van der Waals surface area contributed by atoms with Gasteiger partial charge in [0, 0.05) is 17.3 Å². The number of piperidine rings is 1. The number of ether oxygens (including phenoxy) is 1. The second kappa shape index (κ2) is 9.73. The fourth-order valence-corrected chi connectivity index (χ4v) is 4.92. The Morgan fingerprint density at radius 1 is 1.11 bits per heavy atom. The Bertz CT molecular complexity index is 1230. The van der Waals surface area contributed by atoms with E-state index in [0.29, 0.717) is 36.1 Å². The zero-order valence-electron chi connectivity index (χ0n) is 20.2. The van der Waals surface area contributed by atoms with Crippen LogP contribution < -0.4 is 20.3 Å². The van der Waals surface area contributed by atoms with Crippen molar-refractivity contribution >= 4 is 17.5 Å². The molecule has 5 rings (SSSR count). The SMILES string of the molecule is Cc1nc(Nc2ncc(F)c(-c3cc(F)c4c(c3)N(C(C)C)CCO4)n2)ccc1C1CCNCC1. The van der Waals surface area contributed by atoms with Gasteiger partial charge in [0.05, 0.1) is 18.4 Å². The van der Waals surface area contributed by atoms with Crippen molar-refractivity contribution in [3.63, 3.8) is 0 Å². The maximum absolute atomic E-state index is 14.9. The van der Waals surface area contributed by atoms with Crippen molar-refractivity contribution in [2.24, 2.45) is 0 Å². The second-order valence-electron chi connectivity index (χ2n) is 9.35. The van der Waals surface area contributed by atoms with E-state index in [1.54, 1.807) is 6.07 Å². The van der Waals surface area contributed by atoms with Crippen LogP contribution in [0.5, 0.6) is 5.75 Å². The van der Waals surface area contributed by atoms with Gasteiger partial charge in [0.1, 0.15) is 18.1 Å². The molecule has 0 bridgehead atoms. The summed E-state index contributed by atoms with van der Waals surface area (Å²) >= 11 is 0. The third-order valence-electron chi connectivity index (χ3n) is 6.70. The summed E-state index contributed by atoms with van der Waals surface area (Å²) in [4.78, 5) is 15.2. The first-order valence-corrected chi connectivity index (χ1v) is 12.1. The molecule has 4 heterocycles. The molecule has 0 amide bonds. The highest BCUT2D eigenvalue weighted by Crippen LogP contribution is 2.39. The van der Waals surface area contributed by atoms with E-state index in [2.05, 4.69) is 31.7 Å². The number of hydrogen-bond donors (Lipinski definition) is 2. The molecule has 0 radical (unpaired) electrons. The average Bonchev–Trinajstić information content (AvgIpc) is 2.85. The van der Waals surface area contributed by atoms with Gasteiger partial charge in [0.2, 0.25) is 5.95 Å². The number of benzene rings is 1. The Balaban J connectivity index is 1.43. The van der Waals surface area contributed by atoms with Gasteiger partial charge in [-0.15, -0.1) is 0 Å². The van der Waals surface area contributed by atoms with E-state index in [1.165, 1.54) is 11.6 Å². The van der Waals surface area contributed by atoms with Gasteiger partial charge < -0.3 is 20.3 Å². The van der Waals surface area contributed by atoms with Crippen LogP contribution >= 0.6 is 0 Å². The maximum atomic E-state index is 14.9. The zero-order valence-corrected chi connectivity index (χ0v) is 20.2. The Labute approximate surface area is 204 Å². The van der Waals surface area contributed by atoms with Crippen molar-refractivity contribution in [1.82, 2.24) is 20.3 Å². The number of rotatable bonds is 5. The molecule has 3 aromatic rings. The molecule has 2 aromatic heterocycles. The molecule has 0 aliphatic carbocycles.